The van der Waals surface area contributed by atoms with Gasteiger partial charge in [0.15, 0.2) is 6.61 Å². The van der Waals surface area contributed by atoms with Crippen molar-refractivity contribution < 1.29 is 22.7 Å². The largest absolute Gasteiger partial charge is 0.452 e. The fourth-order valence-electron chi connectivity index (χ4n) is 3.09. The van der Waals surface area contributed by atoms with Gasteiger partial charge in [-0.25, -0.2) is 18.0 Å². The molecule has 0 radical (unpaired) electrons. The van der Waals surface area contributed by atoms with E-state index in [0.29, 0.717) is 11.3 Å². The predicted molar refractivity (Wildman–Crippen MR) is 129 cm³/mol. The Morgan fingerprint density at radius 1 is 0.943 bits per heavy atom. The highest BCUT2D eigenvalue weighted by atomic mass is 32.2. The molecule has 1 aromatic heterocycles. The Hall–Kier alpha value is -4.19. The highest BCUT2D eigenvalue weighted by Crippen LogP contribution is 2.21. The Morgan fingerprint density at radius 3 is 2.26 bits per heavy atom. The molecular formula is C23H24N4O7S. The van der Waals surface area contributed by atoms with Crippen molar-refractivity contribution in [3.8, 4) is 0 Å². The van der Waals surface area contributed by atoms with Gasteiger partial charge in [0, 0.05) is 25.8 Å². The van der Waals surface area contributed by atoms with Crippen molar-refractivity contribution in [2.45, 2.75) is 18.7 Å². The molecular weight excluding hydrogens is 476 g/mol. The maximum Gasteiger partial charge on any atom is 0.338 e. The molecule has 0 saturated heterocycles. The smallest absolute Gasteiger partial charge is 0.338 e. The van der Waals surface area contributed by atoms with Crippen LogP contribution in [0.3, 0.4) is 0 Å². The Labute approximate surface area is 201 Å². The zero-order valence-corrected chi connectivity index (χ0v) is 20.3. The van der Waals surface area contributed by atoms with Crippen LogP contribution in [-0.4, -0.2) is 36.0 Å². The van der Waals surface area contributed by atoms with E-state index in [1.807, 2.05) is 6.92 Å². The normalized spacial score (nSPS) is 11.1. The van der Waals surface area contributed by atoms with Crippen molar-refractivity contribution >= 4 is 33.4 Å². The van der Waals surface area contributed by atoms with Crippen LogP contribution >= 0.6 is 0 Å². The maximum atomic E-state index is 12.9. The number of sulfonamides is 1. The van der Waals surface area contributed by atoms with Crippen LogP contribution in [0, 0.1) is 13.8 Å². The highest BCUT2D eigenvalue weighted by Gasteiger charge is 2.20. The van der Waals surface area contributed by atoms with Gasteiger partial charge in [0.2, 0.25) is 0 Å². The van der Waals surface area contributed by atoms with Gasteiger partial charge in [-0.05, 0) is 43.7 Å². The number of ether oxygens (including phenoxy) is 1. The van der Waals surface area contributed by atoms with Crippen molar-refractivity contribution in [2.24, 2.45) is 14.1 Å². The lowest BCUT2D eigenvalue weighted by Gasteiger charge is -2.13. The SMILES string of the molecule is Cc1ccc(NS(=O)(=O)c2cc(C(=O)OCC(=O)Nc3cc(=O)n(C)c(=O)n3C)ccc2C)cc1. The molecule has 11 nitrogen and oxygen atoms in total. The van der Waals surface area contributed by atoms with Gasteiger partial charge in [-0.1, -0.05) is 23.8 Å². The number of carbonyl (C=O) groups excluding carboxylic acids is 2. The molecule has 12 heteroatoms. The third-order valence-electron chi connectivity index (χ3n) is 5.14. The molecule has 184 valence electrons. The molecule has 0 aliphatic rings. The van der Waals surface area contributed by atoms with Crippen LogP contribution in [0.1, 0.15) is 21.5 Å². The van der Waals surface area contributed by atoms with Gasteiger partial charge in [-0.15, -0.1) is 0 Å². The zero-order chi connectivity index (χ0) is 25.9. The zero-order valence-electron chi connectivity index (χ0n) is 19.5. The Kier molecular flexibility index (Phi) is 7.25. The van der Waals surface area contributed by atoms with Gasteiger partial charge in [-0.2, -0.15) is 0 Å². The molecule has 0 fully saturated rings. The van der Waals surface area contributed by atoms with E-state index in [2.05, 4.69) is 10.0 Å². The second-order valence-corrected chi connectivity index (χ2v) is 9.50. The summed E-state index contributed by atoms with van der Waals surface area (Å²) in [4.78, 5) is 48.3. The second-order valence-electron chi connectivity index (χ2n) is 7.84. The summed E-state index contributed by atoms with van der Waals surface area (Å²) in [6.07, 6.45) is 0. The van der Waals surface area contributed by atoms with Crippen molar-refractivity contribution in [1.29, 1.82) is 0 Å². The highest BCUT2D eigenvalue weighted by molar-refractivity contribution is 7.92. The first-order chi connectivity index (χ1) is 16.4. The third kappa shape index (κ3) is 5.84. The number of nitrogens with zero attached hydrogens (tertiary/aromatic N) is 2. The van der Waals surface area contributed by atoms with Crippen LogP contribution in [0.25, 0.3) is 0 Å². The van der Waals surface area contributed by atoms with E-state index >= 15 is 0 Å². The Morgan fingerprint density at radius 2 is 1.60 bits per heavy atom. The minimum Gasteiger partial charge on any atom is -0.452 e. The molecule has 0 unspecified atom stereocenters. The van der Waals surface area contributed by atoms with Crippen LogP contribution in [0.15, 0.2) is 63.0 Å². The molecule has 0 aliphatic heterocycles. The number of nitrogens with one attached hydrogen (secondary N) is 2. The second kappa shape index (κ2) is 9.97. The van der Waals surface area contributed by atoms with Crippen LogP contribution < -0.4 is 21.3 Å². The van der Waals surface area contributed by atoms with E-state index in [4.69, 9.17) is 4.74 Å². The average Bonchev–Trinajstić information content (AvgIpc) is 2.81. The van der Waals surface area contributed by atoms with Crippen molar-refractivity contribution in [3.05, 3.63) is 86.1 Å². The molecule has 35 heavy (non-hydrogen) atoms. The number of aryl methyl sites for hydroxylation is 2. The summed E-state index contributed by atoms with van der Waals surface area (Å²) in [5.74, 6) is -1.78. The summed E-state index contributed by atoms with van der Waals surface area (Å²) < 4.78 is 35.1. The number of amides is 1. The summed E-state index contributed by atoms with van der Waals surface area (Å²) in [5.41, 5.74) is 0.407. The summed E-state index contributed by atoms with van der Waals surface area (Å²) in [7, 11) is -1.34. The lowest BCUT2D eigenvalue weighted by atomic mass is 10.1. The van der Waals surface area contributed by atoms with Gasteiger partial charge in [-0.3, -0.25) is 23.4 Å². The number of aromatic nitrogens is 2. The van der Waals surface area contributed by atoms with E-state index in [-0.39, 0.29) is 16.3 Å². The number of rotatable bonds is 7. The topological polar surface area (TPSA) is 146 Å². The summed E-state index contributed by atoms with van der Waals surface area (Å²) >= 11 is 0. The van der Waals surface area contributed by atoms with E-state index in [0.717, 1.165) is 26.8 Å². The first-order valence-corrected chi connectivity index (χ1v) is 11.8. The van der Waals surface area contributed by atoms with Gasteiger partial charge >= 0.3 is 11.7 Å². The quantitative estimate of drug-likeness (QED) is 0.465. The van der Waals surface area contributed by atoms with Crippen LogP contribution in [-0.2, 0) is 33.7 Å². The minimum absolute atomic E-state index is 0.0648. The Balaban J connectivity index is 1.72. The lowest BCUT2D eigenvalue weighted by Crippen LogP contribution is -2.38. The number of carbonyl (C=O) groups is 2. The molecule has 1 amide bonds. The maximum absolute atomic E-state index is 12.9. The van der Waals surface area contributed by atoms with Crippen LogP contribution in [0.2, 0.25) is 0 Å². The fourth-order valence-corrected chi connectivity index (χ4v) is 4.42. The Bertz CT molecular complexity index is 1520. The van der Waals surface area contributed by atoms with Gasteiger partial charge < -0.3 is 10.1 Å². The lowest BCUT2D eigenvalue weighted by molar-refractivity contribution is -0.119. The first kappa shape index (κ1) is 25.4. The predicted octanol–water partition coefficient (Wildman–Crippen LogP) is 1.30. The molecule has 2 N–H and O–H groups in total. The summed E-state index contributed by atoms with van der Waals surface area (Å²) in [6.45, 7) is 2.74. The fraction of sp³-hybridized carbons (Fsp3) is 0.217. The van der Waals surface area contributed by atoms with Crippen molar-refractivity contribution in [1.82, 2.24) is 9.13 Å². The monoisotopic (exact) mass is 500 g/mol. The van der Waals surface area contributed by atoms with E-state index in [1.165, 1.54) is 26.2 Å². The molecule has 0 spiro atoms. The molecule has 2 aromatic carbocycles. The van der Waals surface area contributed by atoms with E-state index in [1.54, 1.807) is 31.2 Å². The van der Waals surface area contributed by atoms with Gasteiger partial charge in [0.25, 0.3) is 21.5 Å². The molecule has 1 heterocycles. The van der Waals surface area contributed by atoms with Gasteiger partial charge in [0.1, 0.15) is 5.82 Å². The molecule has 3 aromatic rings. The van der Waals surface area contributed by atoms with Crippen LogP contribution in [0.5, 0.6) is 0 Å². The first-order valence-electron chi connectivity index (χ1n) is 10.3. The van der Waals surface area contributed by atoms with Crippen LogP contribution in [0.4, 0.5) is 11.5 Å². The number of hydrogen-bond donors (Lipinski definition) is 2. The summed E-state index contributed by atoms with van der Waals surface area (Å²) in [6, 6.07) is 11.8. The number of hydrogen-bond acceptors (Lipinski definition) is 7. The summed E-state index contributed by atoms with van der Waals surface area (Å²) in [5, 5.41) is 2.33. The van der Waals surface area contributed by atoms with E-state index < -0.39 is 39.8 Å². The minimum atomic E-state index is -4.00. The van der Waals surface area contributed by atoms with Crippen molar-refractivity contribution in [3.63, 3.8) is 0 Å². The molecule has 0 atom stereocenters. The number of benzene rings is 2. The standard InChI is InChI=1S/C23H24N4O7S/c1-14-5-9-17(10-6-14)25-35(32,33)18-11-16(8-7-15(18)2)22(30)34-13-20(28)24-19-12-21(29)27(4)23(31)26(19)3/h5-12,25H,13H2,1-4H3,(H,24,28). The number of esters is 1. The molecule has 0 bridgehead atoms. The van der Waals surface area contributed by atoms with Crippen molar-refractivity contribution in [2.75, 3.05) is 16.6 Å². The van der Waals surface area contributed by atoms with E-state index in [9.17, 15) is 27.6 Å². The molecule has 3 rings (SSSR count). The molecule has 0 saturated carbocycles. The average molecular weight is 501 g/mol. The number of anilines is 2. The molecule has 0 aliphatic carbocycles. The van der Waals surface area contributed by atoms with Gasteiger partial charge in [0.05, 0.1) is 10.5 Å². The third-order valence-corrected chi connectivity index (χ3v) is 6.67.